The number of benzene rings is 8. The van der Waals surface area contributed by atoms with Gasteiger partial charge in [0.25, 0.3) is 0 Å². The molecule has 2 nitrogen and oxygen atoms in total. The topological polar surface area (TPSA) is 17.0 Å². The van der Waals surface area contributed by atoms with Crippen LogP contribution in [0.25, 0.3) is 88.7 Å². The summed E-state index contributed by atoms with van der Waals surface area (Å²) in [7, 11) is 0. The molecule has 10 rings (SSSR count). The van der Waals surface area contributed by atoms with E-state index >= 15 is 0 Å². The van der Waals surface area contributed by atoms with Gasteiger partial charge in [-0.1, -0.05) is 146 Å². The first-order chi connectivity index (χ1) is 25.3. The van der Waals surface area contributed by atoms with Gasteiger partial charge in [0.05, 0.1) is 11.2 Å². The van der Waals surface area contributed by atoms with Gasteiger partial charge in [0.2, 0.25) is 0 Å². The Morgan fingerprint density at radius 3 is 1.53 bits per heavy atom. The molecule has 2 heterocycles. The lowest BCUT2D eigenvalue weighted by molar-refractivity contribution is 0.855. The van der Waals surface area contributed by atoms with Crippen LogP contribution in [0.3, 0.4) is 0 Å². The number of nitrogens with zero attached hydrogens (tertiary/aromatic N) is 1. The summed E-state index contributed by atoms with van der Waals surface area (Å²) < 4.78 is 2.41. The summed E-state index contributed by atoms with van der Waals surface area (Å²) in [5.74, 6) is 0. The van der Waals surface area contributed by atoms with Crippen LogP contribution in [0.5, 0.6) is 0 Å². The third-order valence-corrected chi connectivity index (χ3v) is 10.5. The third-order valence-electron chi connectivity index (χ3n) is 10.5. The van der Waals surface area contributed by atoms with Crippen molar-refractivity contribution in [1.29, 1.82) is 0 Å². The van der Waals surface area contributed by atoms with E-state index in [0.717, 1.165) is 6.54 Å². The Morgan fingerprint density at radius 2 is 0.882 bits per heavy atom. The van der Waals surface area contributed by atoms with Gasteiger partial charge in [-0.2, -0.15) is 0 Å². The minimum Gasteiger partial charge on any atom is -0.387 e. The molecule has 1 aliphatic rings. The van der Waals surface area contributed by atoms with E-state index in [9.17, 15) is 0 Å². The van der Waals surface area contributed by atoms with E-state index in [0.29, 0.717) is 0 Å². The van der Waals surface area contributed by atoms with E-state index in [2.05, 4.69) is 198 Å². The Morgan fingerprint density at radius 1 is 0.392 bits per heavy atom. The average Bonchev–Trinajstić information content (AvgIpc) is 3.54. The van der Waals surface area contributed by atoms with E-state index in [-0.39, 0.29) is 0 Å². The highest BCUT2D eigenvalue weighted by Crippen LogP contribution is 2.45. The van der Waals surface area contributed by atoms with Crippen molar-refractivity contribution in [3.8, 4) is 50.2 Å². The van der Waals surface area contributed by atoms with Crippen molar-refractivity contribution < 1.29 is 0 Å². The van der Waals surface area contributed by atoms with Crippen LogP contribution in [0, 0.1) is 0 Å². The Hall–Kier alpha value is -6.64. The SMILES string of the molecule is C1=Cc2c(c3cc(-c4ccc5c(-c6ccccc6)c6ccccc6c(-c6ccccc6)c5c4)ccc3n2-c2ccc(-c3ccccc3)cc2)CN1. The predicted molar refractivity (Wildman–Crippen MR) is 216 cm³/mol. The van der Waals surface area contributed by atoms with E-state index in [1.54, 1.807) is 0 Å². The molecule has 1 N–H and O–H groups in total. The molecule has 51 heavy (non-hydrogen) atoms. The monoisotopic (exact) mass is 650 g/mol. The molecule has 1 aliphatic heterocycles. The molecule has 0 radical (unpaired) electrons. The van der Waals surface area contributed by atoms with Crippen LogP contribution in [-0.2, 0) is 6.54 Å². The summed E-state index contributed by atoms with van der Waals surface area (Å²) in [6.45, 7) is 0.795. The van der Waals surface area contributed by atoms with Crippen LogP contribution < -0.4 is 5.32 Å². The van der Waals surface area contributed by atoms with Gasteiger partial charge < -0.3 is 9.88 Å². The Labute approximate surface area is 297 Å². The maximum absolute atomic E-state index is 3.48. The van der Waals surface area contributed by atoms with Crippen molar-refractivity contribution in [2.24, 2.45) is 0 Å². The molecule has 0 atom stereocenters. The molecule has 0 bridgehead atoms. The first-order valence-electron chi connectivity index (χ1n) is 17.6. The maximum Gasteiger partial charge on any atom is 0.0538 e. The number of fused-ring (bicyclic) bond motifs is 5. The molecule has 0 spiro atoms. The quantitative estimate of drug-likeness (QED) is 0.183. The number of hydrogen-bond acceptors (Lipinski definition) is 1. The van der Waals surface area contributed by atoms with Gasteiger partial charge >= 0.3 is 0 Å². The van der Waals surface area contributed by atoms with Crippen LogP contribution in [0.15, 0.2) is 182 Å². The minimum atomic E-state index is 0.795. The van der Waals surface area contributed by atoms with E-state index in [1.807, 2.05) is 0 Å². The fourth-order valence-corrected chi connectivity index (χ4v) is 8.12. The van der Waals surface area contributed by atoms with Gasteiger partial charge in [0.15, 0.2) is 0 Å². The van der Waals surface area contributed by atoms with Crippen molar-refractivity contribution in [1.82, 2.24) is 9.88 Å². The third kappa shape index (κ3) is 4.87. The second kappa shape index (κ2) is 12.0. The molecule has 0 fully saturated rings. The number of nitrogens with one attached hydrogen (secondary N) is 1. The van der Waals surface area contributed by atoms with Crippen molar-refractivity contribution in [2.45, 2.75) is 6.54 Å². The van der Waals surface area contributed by atoms with Crippen LogP contribution in [0.4, 0.5) is 0 Å². The molecule has 2 heteroatoms. The van der Waals surface area contributed by atoms with Gasteiger partial charge in [0.1, 0.15) is 0 Å². The average molecular weight is 651 g/mol. The summed E-state index contributed by atoms with van der Waals surface area (Å²) >= 11 is 0. The molecule has 1 aromatic heterocycles. The molecule has 0 saturated carbocycles. The molecular formula is C49H34N2. The van der Waals surface area contributed by atoms with E-state index in [4.69, 9.17) is 0 Å². The van der Waals surface area contributed by atoms with Crippen LogP contribution in [0.1, 0.15) is 11.3 Å². The maximum atomic E-state index is 3.48. The lowest BCUT2D eigenvalue weighted by Crippen LogP contribution is -2.10. The second-order valence-electron chi connectivity index (χ2n) is 13.3. The normalized spacial score (nSPS) is 12.3. The Kier molecular flexibility index (Phi) is 6.92. The highest BCUT2D eigenvalue weighted by Gasteiger charge is 2.21. The summed E-state index contributed by atoms with van der Waals surface area (Å²) in [4.78, 5) is 0. The summed E-state index contributed by atoms with van der Waals surface area (Å²) in [6, 6.07) is 64.2. The van der Waals surface area contributed by atoms with Crippen molar-refractivity contribution in [3.63, 3.8) is 0 Å². The summed E-state index contributed by atoms with van der Waals surface area (Å²) in [5, 5.41) is 9.83. The molecule has 0 unspecified atom stereocenters. The fourth-order valence-electron chi connectivity index (χ4n) is 8.12. The zero-order chi connectivity index (χ0) is 33.7. The molecule has 0 aliphatic carbocycles. The zero-order valence-electron chi connectivity index (χ0n) is 28.1. The van der Waals surface area contributed by atoms with Gasteiger partial charge in [-0.15, -0.1) is 0 Å². The van der Waals surface area contributed by atoms with Gasteiger partial charge in [-0.25, -0.2) is 0 Å². The first-order valence-corrected chi connectivity index (χ1v) is 17.6. The molecule has 8 aromatic carbocycles. The fraction of sp³-hybridized carbons (Fsp3) is 0.0204. The predicted octanol–water partition coefficient (Wildman–Crippen LogP) is 12.7. The van der Waals surface area contributed by atoms with E-state index < -0.39 is 0 Å². The van der Waals surface area contributed by atoms with E-state index in [1.165, 1.54) is 93.9 Å². The van der Waals surface area contributed by atoms with Gasteiger partial charge in [-0.3, -0.25) is 0 Å². The van der Waals surface area contributed by atoms with Gasteiger partial charge in [-0.05, 0) is 109 Å². The Balaban J connectivity index is 1.17. The van der Waals surface area contributed by atoms with Gasteiger partial charge in [0, 0.05) is 23.2 Å². The highest BCUT2D eigenvalue weighted by molar-refractivity contribution is 6.22. The number of rotatable bonds is 5. The van der Waals surface area contributed by atoms with Crippen LogP contribution in [-0.4, -0.2) is 4.57 Å². The smallest absolute Gasteiger partial charge is 0.0538 e. The highest BCUT2D eigenvalue weighted by atomic mass is 15.0. The zero-order valence-corrected chi connectivity index (χ0v) is 28.1. The summed E-state index contributed by atoms with van der Waals surface area (Å²) in [6.07, 6.45) is 4.28. The largest absolute Gasteiger partial charge is 0.387 e. The number of hydrogen-bond donors (Lipinski definition) is 1. The molecule has 0 amide bonds. The standard InChI is InChI=1S/C49H34N2/c1-4-12-33(13-5-1)34-20-24-39(25-21-34)51-46-27-23-38(30-43(46)45-32-50-29-28-47(45)51)37-22-26-42-44(31-37)49(36-16-8-3-9-17-36)41-19-11-10-18-40(41)48(42)35-14-6-2-7-15-35/h1-31,50H,32H2. The minimum absolute atomic E-state index is 0.795. The summed E-state index contributed by atoms with van der Waals surface area (Å²) in [5.41, 5.74) is 14.8. The van der Waals surface area contributed by atoms with Crippen molar-refractivity contribution in [3.05, 3.63) is 193 Å². The van der Waals surface area contributed by atoms with Crippen LogP contribution >= 0.6 is 0 Å². The van der Waals surface area contributed by atoms with Crippen molar-refractivity contribution >= 4 is 38.5 Å². The molecule has 9 aromatic rings. The second-order valence-corrected chi connectivity index (χ2v) is 13.3. The van der Waals surface area contributed by atoms with Crippen LogP contribution in [0.2, 0.25) is 0 Å². The lowest BCUT2D eigenvalue weighted by Gasteiger charge is -2.18. The lowest BCUT2D eigenvalue weighted by atomic mass is 9.85. The first kappa shape index (κ1) is 29.3. The molecular weight excluding hydrogens is 617 g/mol. The Bertz CT molecular complexity index is 2760. The van der Waals surface area contributed by atoms with Crippen molar-refractivity contribution in [2.75, 3.05) is 0 Å². The molecule has 240 valence electrons. The molecule has 0 saturated heterocycles. The number of aromatic nitrogens is 1.